The van der Waals surface area contributed by atoms with Crippen LogP contribution in [0.1, 0.15) is 37.7 Å². The Labute approximate surface area is 103 Å². The number of rotatable bonds is 5. The van der Waals surface area contributed by atoms with E-state index < -0.39 is 0 Å². The van der Waals surface area contributed by atoms with E-state index >= 15 is 0 Å². The Morgan fingerprint density at radius 3 is 2.76 bits per heavy atom. The molecule has 0 bridgehead atoms. The SMILES string of the molecule is COc1ccc(CC(N)CC2CCCC2)cn1. The Bertz CT molecular complexity index is 331. The number of nitrogens with two attached hydrogens (primary N) is 1. The molecular weight excluding hydrogens is 212 g/mol. The minimum absolute atomic E-state index is 0.272. The molecule has 1 fully saturated rings. The van der Waals surface area contributed by atoms with Gasteiger partial charge in [-0.2, -0.15) is 0 Å². The minimum Gasteiger partial charge on any atom is -0.481 e. The van der Waals surface area contributed by atoms with Crippen LogP contribution in [0.3, 0.4) is 0 Å². The first kappa shape index (κ1) is 12.4. The Morgan fingerprint density at radius 1 is 1.41 bits per heavy atom. The molecule has 1 aliphatic carbocycles. The van der Waals surface area contributed by atoms with Crippen LogP contribution < -0.4 is 10.5 Å². The van der Waals surface area contributed by atoms with E-state index in [0.717, 1.165) is 18.8 Å². The van der Waals surface area contributed by atoms with Crippen LogP contribution in [0.2, 0.25) is 0 Å². The third-order valence-electron chi connectivity index (χ3n) is 3.62. The van der Waals surface area contributed by atoms with Crippen molar-refractivity contribution in [3.05, 3.63) is 23.9 Å². The van der Waals surface area contributed by atoms with Gasteiger partial charge in [0.25, 0.3) is 0 Å². The zero-order valence-corrected chi connectivity index (χ0v) is 10.6. The number of pyridine rings is 1. The number of aromatic nitrogens is 1. The normalized spacial score (nSPS) is 18.2. The number of nitrogens with zero attached hydrogens (tertiary/aromatic N) is 1. The Hall–Kier alpha value is -1.09. The highest BCUT2D eigenvalue weighted by Gasteiger charge is 2.18. The molecule has 1 aromatic heterocycles. The standard InChI is InChI=1S/C14H22N2O/c1-17-14-7-6-12(10-16-14)9-13(15)8-11-4-2-3-5-11/h6-7,10-11,13H,2-5,8-9,15H2,1H3. The van der Waals surface area contributed by atoms with E-state index in [0.29, 0.717) is 5.88 Å². The fourth-order valence-corrected chi connectivity index (χ4v) is 2.71. The largest absolute Gasteiger partial charge is 0.481 e. The number of hydrogen-bond donors (Lipinski definition) is 1. The van der Waals surface area contributed by atoms with Crippen LogP contribution >= 0.6 is 0 Å². The predicted octanol–water partition coefficient (Wildman–Crippen LogP) is 2.54. The number of ether oxygens (including phenoxy) is 1. The third-order valence-corrected chi connectivity index (χ3v) is 3.62. The number of methoxy groups -OCH3 is 1. The van der Waals surface area contributed by atoms with Crippen LogP contribution in [0, 0.1) is 5.92 Å². The molecule has 2 N–H and O–H groups in total. The molecule has 3 heteroatoms. The molecule has 3 nitrogen and oxygen atoms in total. The molecule has 1 saturated carbocycles. The van der Waals surface area contributed by atoms with E-state index in [9.17, 15) is 0 Å². The summed E-state index contributed by atoms with van der Waals surface area (Å²) in [5.74, 6) is 1.52. The molecule has 1 atom stereocenters. The van der Waals surface area contributed by atoms with Crippen LogP contribution in [-0.2, 0) is 6.42 Å². The summed E-state index contributed by atoms with van der Waals surface area (Å²) in [5, 5.41) is 0. The second-order valence-electron chi connectivity index (χ2n) is 5.06. The quantitative estimate of drug-likeness (QED) is 0.851. The zero-order valence-electron chi connectivity index (χ0n) is 10.6. The summed E-state index contributed by atoms with van der Waals surface area (Å²) in [5.41, 5.74) is 7.40. The molecule has 0 radical (unpaired) electrons. The van der Waals surface area contributed by atoms with Crippen molar-refractivity contribution in [1.82, 2.24) is 4.98 Å². The fraction of sp³-hybridized carbons (Fsp3) is 0.643. The third kappa shape index (κ3) is 3.70. The van der Waals surface area contributed by atoms with Gasteiger partial charge in [-0.25, -0.2) is 4.98 Å². The topological polar surface area (TPSA) is 48.1 Å². The maximum atomic E-state index is 6.20. The van der Waals surface area contributed by atoms with Crippen LogP contribution in [-0.4, -0.2) is 18.1 Å². The van der Waals surface area contributed by atoms with Crippen LogP contribution in [0.15, 0.2) is 18.3 Å². The van der Waals surface area contributed by atoms with Gasteiger partial charge in [-0.3, -0.25) is 0 Å². The second kappa shape index (κ2) is 6.01. The average Bonchev–Trinajstić information content (AvgIpc) is 2.82. The lowest BCUT2D eigenvalue weighted by Gasteiger charge is -2.16. The van der Waals surface area contributed by atoms with Crippen molar-refractivity contribution in [3.63, 3.8) is 0 Å². The lowest BCUT2D eigenvalue weighted by molar-refractivity contribution is 0.397. The zero-order chi connectivity index (χ0) is 12.1. The predicted molar refractivity (Wildman–Crippen MR) is 69.0 cm³/mol. The first-order chi connectivity index (χ1) is 8.28. The second-order valence-corrected chi connectivity index (χ2v) is 5.06. The average molecular weight is 234 g/mol. The van der Waals surface area contributed by atoms with Crippen LogP contribution in [0.5, 0.6) is 5.88 Å². The van der Waals surface area contributed by atoms with Gasteiger partial charge in [-0.15, -0.1) is 0 Å². The van der Waals surface area contributed by atoms with E-state index in [1.165, 1.54) is 31.2 Å². The van der Waals surface area contributed by atoms with Crippen molar-refractivity contribution >= 4 is 0 Å². The van der Waals surface area contributed by atoms with Crippen molar-refractivity contribution in [1.29, 1.82) is 0 Å². The Balaban J connectivity index is 1.81. The summed E-state index contributed by atoms with van der Waals surface area (Å²) in [4.78, 5) is 4.20. The van der Waals surface area contributed by atoms with Gasteiger partial charge in [0.05, 0.1) is 7.11 Å². The van der Waals surface area contributed by atoms with Gasteiger partial charge < -0.3 is 10.5 Å². The van der Waals surface area contributed by atoms with Gasteiger partial charge in [-0.05, 0) is 24.3 Å². The maximum Gasteiger partial charge on any atom is 0.212 e. The molecule has 17 heavy (non-hydrogen) atoms. The van der Waals surface area contributed by atoms with Crippen molar-refractivity contribution in [2.75, 3.05) is 7.11 Å². The lowest BCUT2D eigenvalue weighted by Crippen LogP contribution is -2.25. The molecular formula is C14H22N2O. The molecule has 1 aromatic rings. The van der Waals surface area contributed by atoms with Crippen LogP contribution in [0.25, 0.3) is 0 Å². The van der Waals surface area contributed by atoms with Crippen molar-refractivity contribution in [3.8, 4) is 5.88 Å². The van der Waals surface area contributed by atoms with Crippen molar-refractivity contribution in [2.24, 2.45) is 11.7 Å². The first-order valence-corrected chi connectivity index (χ1v) is 6.52. The molecule has 1 unspecified atom stereocenters. The highest BCUT2D eigenvalue weighted by Crippen LogP contribution is 2.28. The Morgan fingerprint density at radius 2 is 2.18 bits per heavy atom. The Kier molecular flexibility index (Phi) is 4.37. The monoisotopic (exact) mass is 234 g/mol. The molecule has 0 amide bonds. The molecule has 1 heterocycles. The van der Waals surface area contributed by atoms with E-state index in [1.54, 1.807) is 7.11 Å². The molecule has 0 spiro atoms. The minimum atomic E-state index is 0.272. The molecule has 2 rings (SSSR count). The van der Waals surface area contributed by atoms with Gasteiger partial charge in [0, 0.05) is 18.3 Å². The van der Waals surface area contributed by atoms with Gasteiger partial charge in [-0.1, -0.05) is 31.7 Å². The number of hydrogen-bond acceptors (Lipinski definition) is 3. The van der Waals surface area contributed by atoms with Gasteiger partial charge >= 0.3 is 0 Å². The fourth-order valence-electron chi connectivity index (χ4n) is 2.71. The summed E-state index contributed by atoms with van der Waals surface area (Å²) in [6.45, 7) is 0. The van der Waals surface area contributed by atoms with E-state index in [-0.39, 0.29) is 6.04 Å². The van der Waals surface area contributed by atoms with Crippen LogP contribution in [0.4, 0.5) is 0 Å². The first-order valence-electron chi connectivity index (χ1n) is 6.52. The van der Waals surface area contributed by atoms with Crippen molar-refractivity contribution in [2.45, 2.75) is 44.6 Å². The van der Waals surface area contributed by atoms with Gasteiger partial charge in [0.15, 0.2) is 0 Å². The molecule has 0 aromatic carbocycles. The molecule has 0 saturated heterocycles. The summed E-state index contributed by atoms with van der Waals surface area (Å²) < 4.78 is 5.04. The summed E-state index contributed by atoms with van der Waals surface area (Å²) in [6, 6.07) is 4.23. The summed E-state index contributed by atoms with van der Waals surface area (Å²) in [7, 11) is 1.63. The molecule has 94 valence electrons. The maximum absolute atomic E-state index is 6.20. The van der Waals surface area contributed by atoms with E-state index in [4.69, 9.17) is 10.5 Å². The van der Waals surface area contributed by atoms with Crippen molar-refractivity contribution < 1.29 is 4.74 Å². The van der Waals surface area contributed by atoms with E-state index in [1.807, 2.05) is 12.3 Å². The lowest BCUT2D eigenvalue weighted by atomic mass is 9.95. The molecule has 0 aliphatic heterocycles. The van der Waals surface area contributed by atoms with E-state index in [2.05, 4.69) is 11.1 Å². The smallest absolute Gasteiger partial charge is 0.212 e. The summed E-state index contributed by atoms with van der Waals surface area (Å²) >= 11 is 0. The van der Waals surface area contributed by atoms with Gasteiger partial charge in [0.1, 0.15) is 0 Å². The van der Waals surface area contributed by atoms with Gasteiger partial charge in [0.2, 0.25) is 5.88 Å². The highest BCUT2D eigenvalue weighted by molar-refractivity contribution is 5.18. The molecule has 1 aliphatic rings. The highest BCUT2D eigenvalue weighted by atomic mass is 16.5. The summed E-state index contributed by atoms with van der Waals surface area (Å²) in [6.07, 6.45) is 9.47.